The number of hydrogen-bond acceptors (Lipinski definition) is 4. The molecular formula is C12H13ClN4OS. The second-order valence-corrected chi connectivity index (χ2v) is 4.85. The summed E-state index contributed by atoms with van der Waals surface area (Å²) in [5.41, 5.74) is 1.63. The highest BCUT2D eigenvalue weighted by atomic mass is 35.5. The lowest BCUT2D eigenvalue weighted by Crippen LogP contribution is -2.05. The van der Waals surface area contributed by atoms with Crippen molar-refractivity contribution in [3.05, 3.63) is 35.9 Å². The predicted octanol–water partition coefficient (Wildman–Crippen LogP) is 3.24. The number of rotatable bonds is 3. The van der Waals surface area contributed by atoms with Crippen LogP contribution in [0.25, 0.3) is 5.69 Å². The van der Waals surface area contributed by atoms with Gasteiger partial charge < -0.3 is 14.6 Å². The Kier molecular flexibility index (Phi) is 4.34. The fourth-order valence-electron chi connectivity index (χ4n) is 1.58. The molecule has 0 aliphatic rings. The van der Waals surface area contributed by atoms with E-state index < -0.39 is 0 Å². The molecule has 0 unspecified atom stereocenters. The molecule has 2 rings (SSSR count). The van der Waals surface area contributed by atoms with Crippen LogP contribution in [0.3, 0.4) is 0 Å². The molecule has 0 saturated heterocycles. The van der Waals surface area contributed by atoms with Crippen molar-refractivity contribution in [3.8, 4) is 11.4 Å². The summed E-state index contributed by atoms with van der Waals surface area (Å²) in [5.74, 6) is 0.674. The zero-order valence-electron chi connectivity index (χ0n) is 10.5. The lowest BCUT2D eigenvalue weighted by molar-refractivity contribution is 0.413. The fourth-order valence-corrected chi connectivity index (χ4v) is 1.95. The quantitative estimate of drug-likeness (QED) is 0.674. The van der Waals surface area contributed by atoms with E-state index in [2.05, 4.69) is 10.3 Å². The van der Waals surface area contributed by atoms with Crippen molar-refractivity contribution in [1.82, 2.24) is 9.55 Å². The number of hydrogen-bond donors (Lipinski definition) is 2. The normalized spacial score (nSPS) is 10.3. The average molecular weight is 297 g/mol. The number of ether oxygens (including phenoxy) is 1. The summed E-state index contributed by atoms with van der Waals surface area (Å²) in [4.78, 5) is 3.97. The van der Waals surface area contributed by atoms with E-state index in [4.69, 9.17) is 21.7 Å². The molecule has 5 nitrogen and oxygen atoms in total. The third kappa shape index (κ3) is 3.21. The maximum absolute atomic E-state index is 7.60. The van der Waals surface area contributed by atoms with Crippen LogP contribution in [0, 0.1) is 5.41 Å². The molecule has 0 saturated carbocycles. The largest absolute Gasteiger partial charge is 0.494 e. The molecule has 0 bridgehead atoms. The summed E-state index contributed by atoms with van der Waals surface area (Å²) in [6, 6.07) is 5.58. The van der Waals surface area contributed by atoms with Crippen molar-refractivity contribution >= 4 is 34.2 Å². The molecule has 0 radical (unpaired) electrons. The molecule has 0 spiro atoms. The zero-order chi connectivity index (χ0) is 13.8. The Bertz CT molecular complexity index is 599. The summed E-state index contributed by atoms with van der Waals surface area (Å²) in [7, 11) is 1.60. The van der Waals surface area contributed by atoms with Gasteiger partial charge in [0, 0.05) is 18.0 Å². The minimum absolute atomic E-state index is 0.375. The number of halogens is 1. The molecular weight excluding hydrogens is 284 g/mol. The van der Waals surface area contributed by atoms with Gasteiger partial charge in [0.2, 0.25) is 0 Å². The number of anilines is 1. The highest BCUT2D eigenvalue weighted by Gasteiger charge is 2.08. The number of nitrogens with zero attached hydrogens (tertiary/aromatic N) is 2. The Morgan fingerprint density at radius 2 is 2.32 bits per heavy atom. The first-order chi connectivity index (χ1) is 9.13. The molecule has 0 atom stereocenters. The van der Waals surface area contributed by atoms with Gasteiger partial charge in [-0.1, -0.05) is 23.4 Å². The monoisotopic (exact) mass is 296 g/mol. The maximum atomic E-state index is 7.60. The van der Waals surface area contributed by atoms with Crippen molar-refractivity contribution < 1.29 is 4.74 Å². The third-order valence-corrected chi connectivity index (χ3v) is 3.18. The van der Waals surface area contributed by atoms with E-state index >= 15 is 0 Å². The molecule has 0 fully saturated rings. The molecule has 0 aliphatic carbocycles. The minimum Gasteiger partial charge on any atom is -0.494 e. The van der Waals surface area contributed by atoms with E-state index in [1.54, 1.807) is 24.2 Å². The van der Waals surface area contributed by atoms with Crippen LogP contribution in [-0.4, -0.2) is 28.1 Å². The van der Waals surface area contributed by atoms with Crippen molar-refractivity contribution in [3.63, 3.8) is 0 Å². The van der Waals surface area contributed by atoms with E-state index in [0.717, 1.165) is 11.4 Å². The first kappa shape index (κ1) is 13.8. The maximum Gasteiger partial charge on any atom is 0.157 e. The minimum atomic E-state index is 0.375. The molecule has 0 aliphatic heterocycles. The number of thioether (sulfide) groups is 1. The number of benzene rings is 1. The first-order valence-corrected chi connectivity index (χ1v) is 7.01. The Morgan fingerprint density at radius 1 is 1.53 bits per heavy atom. The highest BCUT2D eigenvalue weighted by Crippen LogP contribution is 2.27. The molecule has 19 heavy (non-hydrogen) atoms. The lowest BCUT2D eigenvalue weighted by atomic mass is 10.2. The van der Waals surface area contributed by atoms with Gasteiger partial charge in [-0.3, -0.25) is 5.41 Å². The van der Waals surface area contributed by atoms with Crippen LogP contribution in [0.2, 0.25) is 5.15 Å². The number of aromatic nitrogens is 2. The second kappa shape index (κ2) is 5.99. The fraction of sp³-hybridized carbons (Fsp3) is 0.167. The van der Waals surface area contributed by atoms with Crippen molar-refractivity contribution in [2.24, 2.45) is 0 Å². The molecule has 2 N–H and O–H groups in total. The Balaban J connectivity index is 2.34. The van der Waals surface area contributed by atoms with Crippen LogP contribution >= 0.6 is 23.4 Å². The van der Waals surface area contributed by atoms with Gasteiger partial charge in [0.25, 0.3) is 0 Å². The van der Waals surface area contributed by atoms with Gasteiger partial charge in [-0.25, -0.2) is 4.98 Å². The molecule has 1 aromatic carbocycles. The molecule has 7 heteroatoms. The van der Waals surface area contributed by atoms with Crippen LogP contribution in [0.1, 0.15) is 0 Å². The Hall–Kier alpha value is -1.66. The standard InChI is InChI=1S/C12H13ClN4OS/c1-18-10-5-8(16-12(14)19-2)3-4-9(10)17-6-11(13)15-7-17/h3-7H,1-2H3,(H2,14,16). The van der Waals surface area contributed by atoms with E-state index in [-0.39, 0.29) is 0 Å². The van der Waals surface area contributed by atoms with E-state index in [0.29, 0.717) is 16.1 Å². The van der Waals surface area contributed by atoms with Gasteiger partial charge in [0.15, 0.2) is 5.17 Å². The van der Waals surface area contributed by atoms with Gasteiger partial charge in [0.1, 0.15) is 17.2 Å². The number of methoxy groups -OCH3 is 1. The second-order valence-electron chi connectivity index (χ2n) is 3.65. The SMILES string of the molecule is COc1cc(NC(=N)SC)ccc1-n1cnc(Cl)c1. The molecule has 2 aromatic rings. The van der Waals surface area contributed by atoms with Gasteiger partial charge in [-0.05, 0) is 18.4 Å². The van der Waals surface area contributed by atoms with Gasteiger partial charge in [0.05, 0.1) is 12.8 Å². The summed E-state index contributed by atoms with van der Waals surface area (Å²) >= 11 is 7.14. The Labute approximate surface area is 120 Å². The van der Waals surface area contributed by atoms with E-state index in [1.807, 2.05) is 24.5 Å². The van der Waals surface area contributed by atoms with Crippen molar-refractivity contribution in [1.29, 1.82) is 5.41 Å². The number of nitrogens with one attached hydrogen (secondary N) is 2. The summed E-state index contributed by atoms with van der Waals surface area (Å²) in [6.45, 7) is 0. The number of imidazole rings is 1. The van der Waals surface area contributed by atoms with Crippen LogP contribution in [0.15, 0.2) is 30.7 Å². The average Bonchev–Trinajstić information content (AvgIpc) is 2.84. The van der Waals surface area contributed by atoms with Crippen LogP contribution in [0.5, 0.6) is 5.75 Å². The van der Waals surface area contributed by atoms with Crippen LogP contribution < -0.4 is 10.1 Å². The topological polar surface area (TPSA) is 62.9 Å². The summed E-state index contributed by atoms with van der Waals surface area (Å²) in [5, 5.41) is 11.4. The van der Waals surface area contributed by atoms with E-state index in [1.165, 1.54) is 11.8 Å². The van der Waals surface area contributed by atoms with Crippen LogP contribution in [-0.2, 0) is 0 Å². The number of amidine groups is 1. The van der Waals surface area contributed by atoms with Crippen molar-refractivity contribution in [2.45, 2.75) is 0 Å². The predicted molar refractivity (Wildman–Crippen MR) is 80.0 cm³/mol. The first-order valence-electron chi connectivity index (χ1n) is 5.41. The van der Waals surface area contributed by atoms with Crippen LogP contribution in [0.4, 0.5) is 5.69 Å². The van der Waals surface area contributed by atoms with Gasteiger partial charge in [-0.15, -0.1) is 0 Å². The van der Waals surface area contributed by atoms with Gasteiger partial charge >= 0.3 is 0 Å². The molecule has 0 amide bonds. The molecule has 100 valence electrons. The zero-order valence-corrected chi connectivity index (χ0v) is 12.0. The summed E-state index contributed by atoms with van der Waals surface area (Å²) < 4.78 is 7.14. The Morgan fingerprint density at radius 3 is 2.89 bits per heavy atom. The highest BCUT2D eigenvalue weighted by molar-refractivity contribution is 8.13. The lowest BCUT2D eigenvalue weighted by Gasteiger charge is -2.12. The summed E-state index contributed by atoms with van der Waals surface area (Å²) in [6.07, 6.45) is 5.17. The third-order valence-electron chi connectivity index (χ3n) is 2.47. The van der Waals surface area contributed by atoms with E-state index in [9.17, 15) is 0 Å². The molecule has 1 aromatic heterocycles. The van der Waals surface area contributed by atoms with Crippen molar-refractivity contribution in [2.75, 3.05) is 18.7 Å². The van der Waals surface area contributed by atoms with Gasteiger partial charge in [-0.2, -0.15) is 0 Å². The smallest absolute Gasteiger partial charge is 0.157 e. The molecule has 1 heterocycles.